The van der Waals surface area contributed by atoms with Crippen LogP contribution < -0.4 is 4.74 Å². The van der Waals surface area contributed by atoms with Gasteiger partial charge < -0.3 is 14.5 Å². The second kappa shape index (κ2) is 7.21. The molecule has 1 N–H and O–H groups in total. The van der Waals surface area contributed by atoms with Gasteiger partial charge in [-0.25, -0.2) is 0 Å². The maximum absolute atomic E-state index is 12.6. The van der Waals surface area contributed by atoms with Crippen LogP contribution in [0.15, 0.2) is 54.7 Å². The molecule has 0 aliphatic rings. The van der Waals surface area contributed by atoms with Crippen molar-refractivity contribution >= 4 is 22.7 Å². The molecule has 2 aromatic carbocycles. The number of hydrogen-bond donors (Lipinski definition) is 1. The molecule has 0 fully saturated rings. The predicted octanol–water partition coefficient (Wildman–Crippen LogP) is 3.71. The Morgan fingerprint density at radius 2 is 1.84 bits per heavy atom. The first-order valence-electron chi connectivity index (χ1n) is 7.95. The molecule has 25 heavy (non-hydrogen) atoms. The Labute approximate surface area is 145 Å². The summed E-state index contributed by atoms with van der Waals surface area (Å²) in [5, 5.41) is 0.843. The van der Waals surface area contributed by atoms with Gasteiger partial charge in [-0.05, 0) is 23.8 Å². The number of carbonyl (C=O) groups excluding carboxylic acids is 2. The van der Waals surface area contributed by atoms with Crippen molar-refractivity contribution in [3.63, 3.8) is 0 Å². The summed E-state index contributed by atoms with van der Waals surface area (Å²) in [5.41, 5.74) is 2.18. The van der Waals surface area contributed by atoms with Gasteiger partial charge in [0.1, 0.15) is 5.75 Å². The number of fused-ring (bicyclic) bond motifs is 1. The number of ketones is 1. The Balaban J connectivity index is 1.99. The Bertz CT molecular complexity index is 898. The number of methoxy groups -OCH3 is 2. The van der Waals surface area contributed by atoms with Gasteiger partial charge in [0.15, 0.2) is 5.78 Å². The maximum atomic E-state index is 12.6. The van der Waals surface area contributed by atoms with Crippen molar-refractivity contribution < 1.29 is 19.1 Å². The number of benzene rings is 2. The lowest BCUT2D eigenvalue weighted by Gasteiger charge is -2.14. The van der Waals surface area contributed by atoms with Crippen molar-refractivity contribution in [1.29, 1.82) is 0 Å². The number of rotatable bonds is 6. The van der Waals surface area contributed by atoms with Gasteiger partial charge in [-0.3, -0.25) is 9.59 Å². The third-order valence-electron chi connectivity index (χ3n) is 4.27. The zero-order chi connectivity index (χ0) is 17.8. The fourth-order valence-electron chi connectivity index (χ4n) is 2.93. The van der Waals surface area contributed by atoms with Crippen LogP contribution in [0.4, 0.5) is 0 Å². The molecule has 0 amide bonds. The van der Waals surface area contributed by atoms with Crippen molar-refractivity contribution in [2.24, 2.45) is 0 Å². The second-order valence-corrected chi connectivity index (χ2v) is 5.72. The van der Waals surface area contributed by atoms with Crippen molar-refractivity contribution in [1.82, 2.24) is 4.98 Å². The number of nitrogens with one attached hydrogen (secondary N) is 1. The van der Waals surface area contributed by atoms with E-state index in [1.54, 1.807) is 37.6 Å². The topological polar surface area (TPSA) is 68.4 Å². The van der Waals surface area contributed by atoms with Crippen molar-refractivity contribution in [2.75, 3.05) is 14.2 Å². The van der Waals surface area contributed by atoms with Gasteiger partial charge in [0, 0.05) is 29.1 Å². The first-order valence-corrected chi connectivity index (χ1v) is 7.95. The molecule has 3 aromatic rings. The Morgan fingerprint density at radius 1 is 1.08 bits per heavy atom. The summed E-state index contributed by atoms with van der Waals surface area (Å²) >= 11 is 0. The highest BCUT2D eigenvalue weighted by Crippen LogP contribution is 2.32. The van der Waals surface area contributed by atoms with Gasteiger partial charge in [-0.15, -0.1) is 0 Å². The molecule has 1 unspecified atom stereocenters. The van der Waals surface area contributed by atoms with Gasteiger partial charge >= 0.3 is 5.97 Å². The van der Waals surface area contributed by atoms with Crippen LogP contribution >= 0.6 is 0 Å². The van der Waals surface area contributed by atoms with Gasteiger partial charge in [-0.1, -0.05) is 30.3 Å². The molecule has 0 aliphatic carbocycles. The van der Waals surface area contributed by atoms with Gasteiger partial charge in [0.25, 0.3) is 0 Å². The van der Waals surface area contributed by atoms with E-state index in [1.165, 1.54) is 7.11 Å². The fraction of sp³-hybridized carbons (Fsp3) is 0.200. The van der Waals surface area contributed by atoms with E-state index in [0.717, 1.165) is 16.5 Å². The quantitative estimate of drug-likeness (QED) is 0.550. The number of carbonyl (C=O) groups is 2. The van der Waals surface area contributed by atoms with E-state index in [-0.39, 0.29) is 12.2 Å². The molecule has 0 saturated heterocycles. The highest BCUT2D eigenvalue weighted by atomic mass is 16.5. The third kappa shape index (κ3) is 3.40. The molecular weight excluding hydrogens is 318 g/mol. The van der Waals surface area contributed by atoms with E-state index in [4.69, 9.17) is 9.47 Å². The minimum atomic E-state index is -0.682. The van der Waals surface area contributed by atoms with E-state index in [0.29, 0.717) is 11.3 Å². The molecule has 0 bridgehead atoms. The SMILES string of the molecule is COC(=O)C(CC(=O)c1ccccc1)c1c[nH]c2ccc(OC)cc12. The van der Waals surface area contributed by atoms with Crippen LogP contribution in [0.25, 0.3) is 10.9 Å². The summed E-state index contributed by atoms with van der Waals surface area (Å²) < 4.78 is 10.2. The van der Waals surface area contributed by atoms with Crippen LogP contribution in [0.2, 0.25) is 0 Å². The van der Waals surface area contributed by atoms with Gasteiger partial charge in [-0.2, -0.15) is 0 Å². The Kier molecular flexibility index (Phi) is 4.84. The molecule has 1 aromatic heterocycles. The fourth-order valence-corrected chi connectivity index (χ4v) is 2.93. The molecular formula is C20H19NO4. The molecule has 5 nitrogen and oxygen atoms in total. The molecule has 5 heteroatoms. The monoisotopic (exact) mass is 337 g/mol. The van der Waals surface area contributed by atoms with Gasteiger partial charge in [0.05, 0.1) is 20.1 Å². The number of hydrogen-bond acceptors (Lipinski definition) is 4. The zero-order valence-electron chi connectivity index (χ0n) is 14.1. The highest BCUT2D eigenvalue weighted by Gasteiger charge is 2.27. The zero-order valence-corrected chi connectivity index (χ0v) is 14.1. The van der Waals surface area contributed by atoms with Crippen LogP contribution in [0.5, 0.6) is 5.75 Å². The minimum Gasteiger partial charge on any atom is -0.497 e. The average molecular weight is 337 g/mol. The average Bonchev–Trinajstić information content (AvgIpc) is 3.08. The number of aromatic amines is 1. The van der Waals surface area contributed by atoms with Crippen LogP contribution in [0.3, 0.4) is 0 Å². The third-order valence-corrected chi connectivity index (χ3v) is 4.27. The maximum Gasteiger partial charge on any atom is 0.313 e. The molecule has 0 aliphatic heterocycles. The van der Waals surface area contributed by atoms with Crippen LogP contribution in [0, 0.1) is 0 Å². The van der Waals surface area contributed by atoms with E-state index in [2.05, 4.69) is 4.98 Å². The number of aromatic nitrogens is 1. The van der Waals surface area contributed by atoms with Crippen LogP contribution in [-0.2, 0) is 9.53 Å². The molecule has 1 atom stereocenters. The smallest absolute Gasteiger partial charge is 0.313 e. The molecule has 0 radical (unpaired) electrons. The summed E-state index contributed by atoms with van der Waals surface area (Å²) in [7, 11) is 2.92. The van der Waals surface area contributed by atoms with Crippen molar-refractivity contribution in [3.05, 3.63) is 65.9 Å². The Hall–Kier alpha value is -3.08. The second-order valence-electron chi connectivity index (χ2n) is 5.72. The lowest BCUT2D eigenvalue weighted by Crippen LogP contribution is -2.18. The first-order chi connectivity index (χ1) is 12.1. The summed E-state index contributed by atoms with van der Waals surface area (Å²) in [6.45, 7) is 0. The largest absolute Gasteiger partial charge is 0.497 e. The normalized spacial score (nSPS) is 11.9. The van der Waals surface area contributed by atoms with E-state index < -0.39 is 11.9 Å². The number of H-pyrrole nitrogens is 1. The summed E-state index contributed by atoms with van der Waals surface area (Å²) in [6, 6.07) is 14.5. The van der Waals surface area contributed by atoms with Crippen LogP contribution in [0.1, 0.15) is 28.3 Å². The van der Waals surface area contributed by atoms with Crippen LogP contribution in [-0.4, -0.2) is 31.0 Å². The summed E-state index contributed by atoms with van der Waals surface area (Å²) in [6.07, 6.45) is 1.80. The lowest BCUT2D eigenvalue weighted by molar-refractivity contribution is -0.142. The predicted molar refractivity (Wildman–Crippen MR) is 95.0 cm³/mol. The summed E-state index contributed by atoms with van der Waals surface area (Å²) in [4.78, 5) is 28.1. The standard InChI is InChI=1S/C20H19NO4/c1-24-14-8-9-18-15(10-14)17(12-21-18)16(20(23)25-2)11-19(22)13-6-4-3-5-7-13/h3-10,12,16,21H,11H2,1-2H3. The van der Waals surface area contributed by atoms with E-state index in [1.807, 2.05) is 24.3 Å². The number of esters is 1. The van der Waals surface area contributed by atoms with Gasteiger partial charge in [0.2, 0.25) is 0 Å². The van der Waals surface area contributed by atoms with E-state index in [9.17, 15) is 9.59 Å². The lowest BCUT2D eigenvalue weighted by atomic mass is 9.91. The first kappa shape index (κ1) is 16.8. The Morgan fingerprint density at radius 3 is 2.52 bits per heavy atom. The molecule has 0 saturated carbocycles. The molecule has 3 rings (SSSR count). The number of Topliss-reactive ketones (excluding diaryl/α,β-unsaturated/α-hetero) is 1. The molecule has 128 valence electrons. The molecule has 0 spiro atoms. The summed E-state index contributed by atoms with van der Waals surface area (Å²) in [5.74, 6) is -0.536. The van der Waals surface area contributed by atoms with Crippen molar-refractivity contribution in [3.8, 4) is 5.75 Å². The van der Waals surface area contributed by atoms with E-state index >= 15 is 0 Å². The molecule has 1 heterocycles. The number of ether oxygens (including phenoxy) is 2. The minimum absolute atomic E-state index is 0.0425. The van der Waals surface area contributed by atoms with Crippen molar-refractivity contribution in [2.45, 2.75) is 12.3 Å². The highest BCUT2D eigenvalue weighted by molar-refractivity contribution is 6.00.